The van der Waals surface area contributed by atoms with E-state index in [0.717, 1.165) is 11.1 Å². The number of thioether (sulfide) groups is 1. The summed E-state index contributed by atoms with van der Waals surface area (Å²) in [5.41, 5.74) is 2.04. The number of hydrogen-bond acceptors (Lipinski definition) is 8. The van der Waals surface area contributed by atoms with Crippen LogP contribution in [0.4, 0.5) is 0 Å². The summed E-state index contributed by atoms with van der Waals surface area (Å²) in [6.07, 6.45) is 1.55. The Bertz CT molecular complexity index is 946. The predicted octanol–water partition coefficient (Wildman–Crippen LogP) is 3.98. The van der Waals surface area contributed by atoms with Crippen LogP contribution in [0.1, 0.15) is 11.4 Å². The van der Waals surface area contributed by atoms with Crippen LogP contribution >= 0.6 is 11.8 Å². The van der Waals surface area contributed by atoms with Gasteiger partial charge in [-0.1, -0.05) is 34.6 Å². The summed E-state index contributed by atoms with van der Waals surface area (Å²) in [5.74, 6) is 2.41. The van der Waals surface area contributed by atoms with Gasteiger partial charge in [-0.25, -0.2) is 0 Å². The molecule has 0 amide bonds. The van der Waals surface area contributed by atoms with Crippen molar-refractivity contribution in [3.05, 3.63) is 54.0 Å². The molecule has 0 unspecified atom stereocenters. The van der Waals surface area contributed by atoms with Gasteiger partial charge < -0.3 is 13.4 Å². The van der Waals surface area contributed by atoms with Crippen LogP contribution in [0.2, 0.25) is 0 Å². The maximum Gasteiger partial charge on any atom is 0.284 e. The fourth-order valence-corrected chi connectivity index (χ4v) is 2.71. The van der Waals surface area contributed by atoms with Gasteiger partial charge in [-0.15, -0.1) is 10.2 Å². The van der Waals surface area contributed by atoms with Crippen LogP contribution in [0.5, 0.6) is 0 Å². The molecule has 0 bridgehead atoms. The van der Waals surface area contributed by atoms with Crippen molar-refractivity contribution in [2.24, 2.45) is 0 Å². The molecule has 0 aliphatic rings. The van der Waals surface area contributed by atoms with Crippen molar-refractivity contribution in [1.82, 2.24) is 20.3 Å². The van der Waals surface area contributed by atoms with Crippen molar-refractivity contribution in [2.75, 3.05) is 0 Å². The third kappa shape index (κ3) is 3.09. The van der Waals surface area contributed by atoms with Crippen LogP contribution in [-0.4, -0.2) is 20.3 Å². The second-order valence-corrected chi connectivity index (χ2v) is 5.95. The Morgan fingerprint density at radius 1 is 1.08 bits per heavy atom. The van der Waals surface area contributed by atoms with Gasteiger partial charge in [-0.05, 0) is 31.2 Å². The highest BCUT2D eigenvalue weighted by Crippen LogP contribution is 2.26. The first-order valence-corrected chi connectivity index (χ1v) is 8.16. The molecule has 1 aromatic carbocycles. The molecule has 0 aliphatic carbocycles. The van der Waals surface area contributed by atoms with Gasteiger partial charge in [-0.2, -0.15) is 4.98 Å². The molecule has 0 fully saturated rings. The standard InChI is InChI=1S/C16H12N4O3S/c1-10-4-2-5-11(8-10)14-17-13(20-23-14)9-24-16-19-18-15(22-16)12-6-3-7-21-12/h2-8H,9H2,1H3. The molecule has 0 spiro atoms. The van der Waals surface area contributed by atoms with E-state index in [1.165, 1.54) is 11.8 Å². The molecule has 7 nitrogen and oxygen atoms in total. The van der Waals surface area contributed by atoms with Gasteiger partial charge in [0.15, 0.2) is 11.6 Å². The van der Waals surface area contributed by atoms with Gasteiger partial charge >= 0.3 is 0 Å². The number of rotatable bonds is 5. The first-order valence-electron chi connectivity index (χ1n) is 7.18. The fraction of sp³-hybridized carbons (Fsp3) is 0.125. The first kappa shape index (κ1) is 14.7. The average molecular weight is 340 g/mol. The summed E-state index contributed by atoms with van der Waals surface area (Å²) in [4.78, 5) is 4.39. The van der Waals surface area contributed by atoms with Gasteiger partial charge in [-0.3, -0.25) is 0 Å². The molecule has 3 heterocycles. The molecule has 0 radical (unpaired) electrons. The Labute approximate surface area is 141 Å². The third-order valence-electron chi connectivity index (χ3n) is 3.20. The summed E-state index contributed by atoms with van der Waals surface area (Å²) in [6.45, 7) is 2.02. The molecule has 24 heavy (non-hydrogen) atoms. The molecule has 0 saturated heterocycles. The highest BCUT2D eigenvalue weighted by Gasteiger charge is 2.14. The monoisotopic (exact) mass is 340 g/mol. The van der Waals surface area contributed by atoms with E-state index >= 15 is 0 Å². The van der Waals surface area contributed by atoms with Crippen LogP contribution in [0, 0.1) is 6.92 Å². The van der Waals surface area contributed by atoms with Crippen molar-refractivity contribution >= 4 is 11.8 Å². The zero-order chi connectivity index (χ0) is 16.4. The lowest BCUT2D eigenvalue weighted by atomic mass is 10.1. The van der Waals surface area contributed by atoms with Crippen molar-refractivity contribution in [3.8, 4) is 23.1 Å². The Morgan fingerprint density at radius 3 is 2.88 bits per heavy atom. The number of aromatic nitrogens is 4. The highest BCUT2D eigenvalue weighted by atomic mass is 32.2. The van der Waals surface area contributed by atoms with E-state index in [9.17, 15) is 0 Å². The van der Waals surface area contributed by atoms with Gasteiger partial charge in [0.2, 0.25) is 0 Å². The maximum absolute atomic E-state index is 5.52. The van der Waals surface area contributed by atoms with Gasteiger partial charge in [0.1, 0.15) is 0 Å². The van der Waals surface area contributed by atoms with Crippen LogP contribution in [0.25, 0.3) is 23.1 Å². The number of aryl methyl sites for hydroxylation is 1. The second kappa shape index (κ2) is 6.32. The zero-order valence-corrected chi connectivity index (χ0v) is 13.5. The van der Waals surface area contributed by atoms with E-state index in [1.54, 1.807) is 18.4 Å². The quantitative estimate of drug-likeness (QED) is 0.504. The number of benzene rings is 1. The van der Waals surface area contributed by atoms with E-state index in [1.807, 2.05) is 31.2 Å². The van der Waals surface area contributed by atoms with Crippen LogP contribution in [-0.2, 0) is 5.75 Å². The van der Waals surface area contributed by atoms with Crippen molar-refractivity contribution < 1.29 is 13.4 Å². The van der Waals surface area contributed by atoms with E-state index in [-0.39, 0.29) is 0 Å². The van der Waals surface area contributed by atoms with Gasteiger partial charge in [0, 0.05) is 5.56 Å². The van der Waals surface area contributed by atoms with Crippen LogP contribution in [0.3, 0.4) is 0 Å². The largest absolute Gasteiger partial charge is 0.459 e. The number of hydrogen-bond donors (Lipinski definition) is 0. The van der Waals surface area contributed by atoms with Crippen LogP contribution < -0.4 is 0 Å². The summed E-state index contributed by atoms with van der Waals surface area (Å²) in [5, 5.41) is 12.3. The van der Waals surface area contributed by atoms with E-state index < -0.39 is 0 Å². The van der Waals surface area contributed by atoms with Crippen molar-refractivity contribution in [2.45, 2.75) is 17.9 Å². The molecule has 0 aliphatic heterocycles. The third-order valence-corrected chi connectivity index (χ3v) is 4.01. The van der Waals surface area contributed by atoms with Gasteiger partial charge in [0.25, 0.3) is 17.0 Å². The lowest BCUT2D eigenvalue weighted by Gasteiger charge is -1.95. The SMILES string of the molecule is Cc1cccc(-c2nc(CSc3nnc(-c4ccco4)o3)no2)c1. The minimum absolute atomic E-state index is 0.344. The Hall–Kier alpha value is -2.87. The number of nitrogens with zero attached hydrogens (tertiary/aromatic N) is 4. The topological polar surface area (TPSA) is 91.0 Å². The summed E-state index contributed by atoms with van der Waals surface area (Å²) >= 11 is 1.34. The Balaban J connectivity index is 1.43. The Morgan fingerprint density at radius 2 is 2.04 bits per heavy atom. The molecule has 8 heteroatoms. The van der Waals surface area contributed by atoms with Crippen LogP contribution in [0.15, 0.2) is 61.2 Å². The van der Waals surface area contributed by atoms with Crippen molar-refractivity contribution in [3.63, 3.8) is 0 Å². The predicted molar refractivity (Wildman–Crippen MR) is 86.0 cm³/mol. The molecule has 3 aromatic heterocycles. The smallest absolute Gasteiger partial charge is 0.284 e. The molecular formula is C16H12N4O3S. The molecular weight excluding hydrogens is 328 g/mol. The average Bonchev–Trinajstić information content (AvgIpc) is 3.33. The summed E-state index contributed by atoms with van der Waals surface area (Å²) in [6, 6.07) is 11.4. The molecule has 4 aromatic rings. The van der Waals surface area contributed by atoms with E-state index in [4.69, 9.17) is 13.4 Å². The minimum atomic E-state index is 0.344. The van der Waals surface area contributed by atoms with E-state index in [2.05, 4.69) is 20.3 Å². The van der Waals surface area contributed by atoms with Gasteiger partial charge in [0.05, 0.1) is 12.0 Å². The molecule has 0 atom stereocenters. The fourth-order valence-electron chi connectivity index (χ4n) is 2.10. The lowest BCUT2D eigenvalue weighted by molar-refractivity contribution is 0.424. The summed E-state index contributed by atoms with van der Waals surface area (Å²) in [7, 11) is 0. The normalized spacial score (nSPS) is 11.0. The second-order valence-electron chi connectivity index (χ2n) is 5.02. The molecule has 0 N–H and O–H groups in total. The minimum Gasteiger partial charge on any atom is -0.459 e. The Kier molecular flexibility index (Phi) is 3.87. The highest BCUT2D eigenvalue weighted by molar-refractivity contribution is 7.98. The van der Waals surface area contributed by atoms with Crippen molar-refractivity contribution in [1.29, 1.82) is 0 Å². The molecule has 4 rings (SSSR count). The maximum atomic E-state index is 5.52. The lowest BCUT2D eigenvalue weighted by Crippen LogP contribution is -1.84. The zero-order valence-electron chi connectivity index (χ0n) is 12.7. The first-order chi connectivity index (χ1) is 11.8. The summed E-state index contributed by atoms with van der Waals surface area (Å²) < 4.78 is 16.0. The molecule has 120 valence electrons. The molecule has 0 saturated carbocycles. The number of furan rings is 1. The van der Waals surface area contributed by atoms with E-state index in [0.29, 0.717) is 34.3 Å².